The van der Waals surface area contributed by atoms with E-state index in [0.29, 0.717) is 40.4 Å². The molecule has 2 atom stereocenters. The van der Waals surface area contributed by atoms with Gasteiger partial charge >= 0.3 is 0 Å². The van der Waals surface area contributed by atoms with Crippen molar-refractivity contribution in [1.29, 1.82) is 0 Å². The second-order valence-corrected chi connectivity index (χ2v) is 10.2. The van der Waals surface area contributed by atoms with E-state index in [1.165, 1.54) is 10.6 Å². The minimum Gasteiger partial charge on any atom is -0.497 e. The van der Waals surface area contributed by atoms with Crippen molar-refractivity contribution >= 4 is 27.2 Å². The highest BCUT2D eigenvalue weighted by molar-refractivity contribution is 7.92. The number of anilines is 2. The number of carbonyl (C=O) groups is 1. The maximum absolute atomic E-state index is 13.6. The van der Waals surface area contributed by atoms with Crippen LogP contribution in [-0.4, -0.2) is 27.6 Å². The molecule has 1 aromatic heterocycles. The topological polar surface area (TPSA) is 88.8 Å². The fourth-order valence-corrected chi connectivity index (χ4v) is 5.87. The SMILES string of the molecule is COc1ccc([C@H]2C3=C(C[C@H](c4ccco4)CC3=O)Nc3ccccc3N2S(C)(=O)=O)cc1. The van der Waals surface area contributed by atoms with E-state index < -0.39 is 16.1 Å². The zero-order valence-corrected chi connectivity index (χ0v) is 19.1. The zero-order chi connectivity index (χ0) is 23.2. The van der Waals surface area contributed by atoms with E-state index in [9.17, 15) is 13.2 Å². The number of para-hydroxylation sites is 2. The molecule has 1 aliphatic carbocycles. The molecule has 0 amide bonds. The van der Waals surface area contributed by atoms with Gasteiger partial charge in [-0.3, -0.25) is 9.10 Å². The Hall–Kier alpha value is -3.52. The summed E-state index contributed by atoms with van der Waals surface area (Å²) in [5.41, 5.74) is 3.01. The Kier molecular flexibility index (Phi) is 5.25. The molecule has 0 spiro atoms. The summed E-state index contributed by atoms with van der Waals surface area (Å²) in [6, 6.07) is 17.3. The number of hydrogen-bond acceptors (Lipinski definition) is 6. The average Bonchev–Trinajstić information content (AvgIpc) is 3.28. The standard InChI is InChI=1S/C25H24N2O5S/c1-31-18-11-9-16(10-12-18)25-24-20(14-17(15-22(24)28)23-8-5-13-32-23)26-19-6-3-4-7-21(19)27(25)33(2,29)30/h3-13,17,25-26H,14-15H2,1-2H3/t17-,25-/m0/s1. The minimum absolute atomic E-state index is 0.104. The van der Waals surface area contributed by atoms with Gasteiger partial charge < -0.3 is 14.5 Å². The third-order valence-corrected chi connectivity index (χ3v) is 7.30. The van der Waals surface area contributed by atoms with E-state index >= 15 is 0 Å². The molecule has 0 saturated carbocycles. The van der Waals surface area contributed by atoms with Crippen LogP contribution in [0.5, 0.6) is 5.75 Å². The molecule has 5 rings (SSSR count). The number of furan rings is 1. The highest BCUT2D eigenvalue weighted by atomic mass is 32.2. The number of allylic oxidation sites excluding steroid dienone is 1. The van der Waals surface area contributed by atoms with Gasteiger partial charge in [0.25, 0.3) is 0 Å². The van der Waals surface area contributed by atoms with Gasteiger partial charge in [-0.25, -0.2) is 8.42 Å². The van der Waals surface area contributed by atoms with Crippen LogP contribution in [0, 0.1) is 0 Å². The van der Waals surface area contributed by atoms with E-state index in [4.69, 9.17) is 9.15 Å². The molecule has 8 heteroatoms. The van der Waals surface area contributed by atoms with Gasteiger partial charge in [-0.05, 0) is 48.4 Å². The Morgan fingerprint density at radius 3 is 2.45 bits per heavy atom. The van der Waals surface area contributed by atoms with Crippen molar-refractivity contribution in [2.24, 2.45) is 0 Å². The lowest BCUT2D eigenvalue weighted by Gasteiger charge is -2.34. The van der Waals surface area contributed by atoms with Gasteiger partial charge in [0.05, 0.1) is 31.0 Å². The smallest absolute Gasteiger partial charge is 0.233 e. The van der Waals surface area contributed by atoms with Crippen LogP contribution >= 0.6 is 0 Å². The summed E-state index contributed by atoms with van der Waals surface area (Å²) in [4.78, 5) is 13.6. The number of carbonyl (C=O) groups excluding carboxylic acids is 1. The second kappa shape index (κ2) is 8.12. The molecule has 0 fully saturated rings. The van der Waals surface area contributed by atoms with Crippen molar-refractivity contribution in [2.45, 2.75) is 24.8 Å². The van der Waals surface area contributed by atoms with Crippen molar-refractivity contribution in [1.82, 2.24) is 0 Å². The number of rotatable bonds is 4. The van der Waals surface area contributed by atoms with Gasteiger partial charge in [-0.1, -0.05) is 24.3 Å². The highest BCUT2D eigenvalue weighted by Gasteiger charge is 2.42. The van der Waals surface area contributed by atoms with Crippen LogP contribution in [0.3, 0.4) is 0 Å². The number of ketones is 1. The molecular weight excluding hydrogens is 440 g/mol. The fraction of sp³-hybridized carbons (Fsp3) is 0.240. The molecule has 2 heterocycles. The van der Waals surface area contributed by atoms with Gasteiger partial charge in [0.2, 0.25) is 10.0 Å². The number of benzene rings is 2. The highest BCUT2D eigenvalue weighted by Crippen LogP contribution is 2.48. The van der Waals surface area contributed by atoms with Gasteiger partial charge in [-0.2, -0.15) is 0 Å². The van der Waals surface area contributed by atoms with Crippen LogP contribution in [0.4, 0.5) is 11.4 Å². The molecule has 0 unspecified atom stereocenters. The molecule has 2 aliphatic rings. The summed E-state index contributed by atoms with van der Waals surface area (Å²) >= 11 is 0. The predicted molar refractivity (Wildman–Crippen MR) is 126 cm³/mol. The third kappa shape index (κ3) is 3.80. The first-order chi connectivity index (χ1) is 15.9. The number of fused-ring (bicyclic) bond motifs is 1. The van der Waals surface area contributed by atoms with Crippen LogP contribution in [-0.2, 0) is 14.8 Å². The number of hydrogen-bond donors (Lipinski definition) is 1. The van der Waals surface area contributed by atoms with Crippen LogP contribution in [0.25, 0.3) is 0 Å². The Bertz CT molecular complexity index is 1330. The van der Waals surface area contributed by atoms with Crippen LogP contribution < -0.4 is 14.4 Å². The van der Waals surface area contributed by atoms with E-state index in [0.717, 1.165) is 5.76 Å². The first-order valence-corrected chi connectivity index (χ1v) is 12.5. The number of sulfonamides is 1. The van der Waals surface area contributed by atoms with Crippen molar-refractivity contribution in [2.75, 3.05) is 23.0 Å². The van der Waals surface area contributed by atoms with Crippen molar-refractivity contribution in [3.05, 3.63) is 89.5 Å². The fourth-order valence-electron chi connectivity index (χ4n) is 4.74. The molecule has 0 saturated heterocycles. The molecule has 170 valence electrons. The second-order valence-electron chi connectivity index (χ2n) is 8.31. The lowest BCUT2D eigenvalue weighted by molar-refractivity contribution is -0.116. The molecular formula is C25H24N2O5S. The summed E-state index contributed by atoms with van der Waals surface area (Å²) in [7, 11) is -2.18. The Morgan fingerprint density at radius 1 is 1.03 bits per heavy atom. The number of nitrogens with zero attached hydrogens (tertiary/aromatic N) is 1. The summed E-state index contributed by atoms with van der Waals surface area (Å²) in [5, 5.41) is 3.39. The summed E-state index contributed by atoms with van der Waals surface area (Å²) < 4.78 is 38.6. The number of nitrogens with one attached hydrogen (secondary N) is 1. The number of Topliss-reactive ketones (excluding diaryl/α,β-unsaturated/α-hetero) is 1. The molecule has 0 bridgehead atoms. The predicted octanol–water partition coefficient (Wildman–Crippen LogP) is 4.62. The minimum atomic E-state index is -3.75. The molecule has 0 radical (unpaired) electrons. The van der Waals surface area contributed by atoms with Crippen LogP contribution in [0.15, 0.2) is 82.6 Å². The van der Waals surface area contributed by atoms with E-state index in [1.807, 2.05) is 36.4 Å². The Morgan fingerprint density at radius 2 is 1.79 bits per heavy atom. The zero-order valence-electron chi connectivity index (χ0n) is 18.3. The lowest BCUT2D eigenvalue weighted by Crippen LogP contribution is -2.37. The van der Waals surface area contributed by atoms with Gasteiger partial charge in [0, 0.05) is 23.6 Å². The van der Waals surface area contributed by atoms with Crippen LogP contribution in [0.1, 0.15) is 36.1 Å². The largest absolute Gasteiger partial charge is 0.497 e. The maximum atomic E-state index is 13.6. The van der Waals surface area contributed by atoms with E-state index in [2.05, 4.69) is 5.32 Å². The van der Waals surface area contributed by atoms with Gasteiger partial charge in [0.15, 0.2) is 5.78 Å². The number of methoxy groups -OCH3 is 1. The molecule has 7 nitrogen and oxygen atoms in total. The molecule has 1 aliphatic heterocycles. The molecule has 2 aromatic carbocycles. The molecule has 1 N–H and O–H groups in total. The van der Waals surface area contributed by atoms with Gasteiger partial charge in [0.1, 0.15) is 17.6 Å². The van der Waals surface area contributed by atoms with Crippen LogP contribution in [0.2, 0.25) is 0 Å². The average molecular weight is 465 g/mol. The van der Waals surface area contributed by atoms with Gasteiger partial charge in [-0.15, -0.1) is 0 Å². The van der Waals surface area contributed by atoms with Crippen molar-refractivity contribution < 1.29 is 22.4 Å². The monoisotopic (exact) mass is 464 g/mol. The Balaban J connectivity index is 1.74. The quantitative estimate of drug-likeness (QED) is 0.606. The summed E-state index contributed by atoms with van der Waals surface area (Å²) in [5.74, 6) is 1.17. The molecule has 3 aromatic rings. The lowest BCUT2D eigenvalue weighted by atomic mass is 9.80. The number of ether oxygens (including phenoxy) is 1. The summed E-state index contributed by atoms with van der Waals surface area (Å²) in [6.45, 7) is 0. The molecule has 33 heavy (non-hydrogen) atoms. The summed E-state index contributed by atoms with van der Waals surface area (Å²) in [6.07, 6.45) is 3.55. The first kappa shape index (κ1) is 21.3. The van der Waals surface area contributed by atoms with E-state index in [1.54, 1.807) is 37.6 Å². The first-order valence-electron chi connectivity index (χ1n) is 10.7. The normalized spacial score (nSPS) is 20.5. The van der Waals surface area contributed by atoms with Crippen molar-refractivity contribution in [3.63, 3.8) is 0 Å². The van der Waals surface area contributed by atoms with Crippen molar-refractivity contribution in [3.8, 4) is 5.75 Å². The van der Waals surface area contributed by atoms with E-state index in [-0.39, 0.29) is 18.1 Å². The Labute approximate surface area is 192 Å². The maximum Gasteiger partial charge on any atom is 0.233 e. The third-order valence-electron chi connectivity index (χ3n) is 6.18.